The number of nitrogens with two attached hydrogens (primary N) is 1. The number of carbonyl (C=O) groups is 1. The molecule has 1 amide bonds. The second-order valence-electron chi connectivity index (χ2n) is 6.37. The molecule has 118 valence electrons. The number of amides is 1. The Hall–Kier alpha value is -0.570. The van der Waals surface area contributed by atoms with Crippen molar-refractivity contribution in [3.8, 4) is 0 Å². The van der Waals surface area contributed by atoms with E-state index >= 15 is 0 Å². The third kappa shape index (κ3) is 6.25. The lowest BCUT2D eigenvalue weighted by atomic mass is 9.83. The van der Waals surface area contributed by atoms with Gasteiger partial charge in [-0.15, -0.1) is 0 Å². The van der Waals surface area contributed by atoms with Gasteiger partial charge in [0, 0.05) is 12.5 Å². The van der Waals surface area contributed by atoms with Gasteiger partial charge in [-0.1, -0.05) is 39.5 Å². The molecule has 1 rings (SSSR count). The van der Waals surface area contributed by atoms with Gasteiger partial charge in [0.25, 0.3) is 0 Å². The van der Waals surface area contributed by atoms with E-state index in [4.69, 9.17) is 5.73 Å². The summed E-state index contributed by atoms with van der Waals surface area (Å²) >= 11 is 0. The SMILES string of the molecule is CCC(CCN)CCC(=O)NC(CC)C1CCCCC1. The lowest BCUT2D eigenvalue weighted by molar-refractivity contribution is -0.122. The molecule has 2 unspecified atom stereocenters. The normalized spacial score (nSPS) is 19.6. The predicted octanol–water partition coefficient (Wildman–Crippen LogP) is 3.62. The van der Waals surface area contributed by atoms with Crippen molar-refractivity contribution in [1.82, 2.24) is 5.32 Å². The average Bonchev–Trinajstić information content (AvgIpc) is 2.49. The Balaban J connectivity index is 2.31. The topological polar surface area (TPSA) is 55.1 Å². The Labute approximate surface area is 125 Å². The van der Waals surface area contributed by atoms with E-state index in [0.29, 0.717) is 24.3 Å². The molecule has 0 radical (unpaired) electrons. The summed E-state index contributed by atoms with van der Waals surface area (Å²) < 4.78 is 0. The number of carbonyl (C=O) groups excluding carboxylic acids is 1. The van der Waals surface area contributed by atoms with Gasteiger partial charge in [0.15, 0.2) is 0 Å². The van der Waals surface area contributed by atoms with Crippen LogP contribution in [0.2, 0.25) is 0 Å². The minimum Gasteiger partial charge on any atom is -0.353 e. The molecule has 1 fully saturated rings. The zero-order chi connectivity index (χ0) is 14.8. The quantitative estimate of drug-likeness (QED) is 0.678. The lowest BCUT2D eigenvalue weighted by Crippen LogP contribution is -2.40. The number of hydrogen-bond acceptors (Lipinski definition) is 2. The Bertz CT molecular complexity index is 262. The van der Waals surface area contributed by atoms with Gasteiger partial charge in [0.05, 0.1) is 0 Å². The zero-order valence-corrected chi connectivity index (χ0v) is 13.5. The van der Waals surface area contributed by atoms with Gasteiger partial charge in [-0.2, -0.15) is 0 Å². The smallest absolute Gasteiger partial charge is 0.220 e. The molecule has 1 aliphatic rings. The second-order valence-corrected chi connectivity index (χ2v) is 6.37. The van der Waals surface area contributed by atoms with E-state index < -0.39 is 0 Å². The first-order valence-corrected chi connectivity index (χ1v) is 8.70. The Morgan fingerprint density at radius 3 is 2.40 bits per heavy atom. The zero-order valence-electron chi connectivity index (χ0n) is 13.5. The molecule has 0 aromatic carbocycles. The van der Waals surface area contributed by atoms with Gasteiger partial charge >= 0.3 is 0 Å². The van der Waals surface area contributed by atoms with Gasteiger partial charge in [-0.3, -0.25) is 4.79 Å². The van der Waals surface area contributed by atoms with Crippen LogP contribution in [0.15, 0.2) is 0 Å². The fraction of sp³-hybridized carbons (Fsp3) is 0.941. The van der Waals surface area contributed by atoms with Crippen LogP contribution < -0.4 is 11.1 Å². The molecule has 0 saturated heterocycles. The van der Waals surface area contributed by atoms with E-state index in [2.05, 4.69) is 19.2 Å². The van der Waals surface area contributed by atoms with E-state index in [1.54, 1.807) is 0 Å². The Kier molecular flexibility index (Phi) is 8.92. The van der Waals surface area contributed by atoms with Gasteiger partial charge in [0.2, 0.25) is 5.91 Å². The average molecular weight is 282 g/mol. The summed E-state index contributed by atoms with van der Waals surface area (Å²) in [6, 6.07) is 0.400. The van der Waals surface area contributed by atoms with E-state index in [0.717, 1.165) is 32.2 Å². The van der Waals surface area contributed by atoms with Crippen molar-refractivity contribution in [3.05, 3.63) is 0 Å². The van der Waals surface area contributed by atoms with Crippen LogP contribution >= 0.6 is 0 Å². The first kappa shape index (κ1) is 17.5. The molecule has 1 aliphatic carbocycles. The Morgan fingerprint density at radius 2 is 1.85 bits per heavy atom. The highest BCUT2D eigenvalue weighted by Crippen LogP contribution is 2.27. The van der Waals surface area contributed by atoms with Crippen LogP contribution in [-0.4, -0.2) is 18.5 Å². The van der Waals surface area contributed by atoms with Crippen molar-refractivity contribution in [2.24, 2.45) is 17.6 Å². The van der Waals surface area contributed by atoms with Crippen molar-refractivity contribution >= 4 is 5.91 Å². The monoisotopic (exact) mass is 282 g/mol. The molecule has 0 aromatic heterocycles. The maximum Gasteiger partial charge on any atom is 0.220 e. The highest BCUT2D eigenvalue weighted by atomic mass is 16.1. The van der Waals surface area contributed by atoms with Crippen LogP contribution in [0.1, 0.15) is 78.1 Å². The minimum absolute atomic E-state index is 0.248. The summed E-state index contributed by atoms with van der Waals surface area (Å²) in [6.45, 7) is 5.12. The van der Waals surface area contributed by atoms with Gasteiger partial charge in [-0.05, 0) is 50.5 Å². The van der Waals surface area contributed by atoms with Crippen LogP contribution in [0.4, 0.5) is 0 Å². The fourth-order valence-corrected chi connectivity index (χ4v) is 3.49. The van der Waals surface area contributed by atoms with Crippen LogP contribution in [0.5, 0.6) is 0 Å². The predicted molar refractivity (Wildman–Crippen MR) is 85.5 cm³/mol. The molecule has 0 bridgehead atoms. The largest absolute Gasteiger partial charge is 0.353 e. The van der Waals surface area contributed by atoms with E-state index in [-0.39, 0.29) is 5.91 Å². The van der Waals surface area contributed by atoms with Crippen molar-refractivity contribution in [1.29, 1.82) is 0 Å². The molecule has 0 aliphatic heterocycles. The van der Waals surface area contributed by atoms with E-state index in [1.807, 2.05) is 0 Å². The maximum atomic E-state index is 12.1. The van der Waals surface area contributed by atoms with E-state index in [9.17, 15) is 4.79 Å². The minimum atomic E-state index is 0.248. The van der Waals surface area contributed by atoms with Crippen LogP contribution in [0.3, 0.4) is 0 Å². The summed E-state index contributed by atoms with van der Waals surface area (Å²) in [5.41, 5.74) is 5.61. The first-order valence-electron chi connectivity index (χ1n) is 8.70. The summed E-state index contributed by atoms with van der Waals surface area (Å²) in [7, 11) is 0. The molecular formula is C17H34N2O. The van der Waals surface area contributed by atoms with Crippen LogP contribution in [0.25, 0.3) is 0 Å². The third-order valence-corrected chi connectivity index (χ3v) is 4.94. The van der Waals surface area contributed by atoms with Crippen molar-refractivity contribution in [3.63, 3.8) is 0 Å². The molecule has 20 heavy (non-hydrogen) atoms. The maximum absolute atomic E-state index is 12.1. The molecule has 2 atom stereocenters. The molecule has 3 nitrogen and oxygen atoms in total. The summed E-state index contributed by atoms with van der Waals surface area (Å²) in [5.74, 6) is 1.57. The molecule has 0 aromatic rings. The second kappa shape index (κ2) is 10.2. The van der Waals surface area contributed by atoms with Gasteiger partial charge < -0.3 is 11.1 Å². The van der Waals surface area contributed by atoms with E-state index in [1.165, 1.54) is 32.1 Å². The number of rotatable bonds is 9. The molecule has 0 heterocycles. The summed E-state index contributed by atoms with van der Waals surface area (Å²) in [5, 5.41) is 3.29. The molecule has 0 spiro atoms. The molecule has 3 N–H and O–H groups in total. The van der Waals surface area contributed by atoms with Gasteiger partial charge in [0.1, 0.15) is 0 Å². The number of nitrogens with one attached hydrogen (secondary N) is 1. The summed E-state index contributed by atoms with van der Waals surface area (Å²) in [4.78, 5) is 12.1. The summed E-state index contributed by atoms with van der Waals surface area (Å²) in [6.07, 6.45) is 11.5. The third-order valence-electron chi connectivity index (χ3n) is 4.94. The molecule has 3 heteroatoms. The van der Waals surface area contributed by atoms with Crippen molar-refractivity contribution in [2.45, 2.75) is 84.1 Å². The van der Waals surface area contributed by atoms with Gasteiger partial charge in [-0.25, -0.2) is 0 Å². The standard InChI is InChI=1S/C17H34N2O/c1-3-14(12-13-18)10-11-17(20)19-16(4-2)15-8-6-5-7-9-15/h14-16H,3-13,18H2,1-2H3,(H,19,20). The molecular weight excluding hydrogens is 248 g/mol. The fourth-order valence-electron chi connectivity index (χ4n) is 3.49. The lowest BCUT2D eigenvalue weighted by Gasteiger charge is -2.30. The van der Waals surface area contributed by atoms with Crippen LogP contribution in [-0.2, 0) is 4.79 Å². The van der Waals surface area contributed by atoms with Crippen molar-refractivity contribution < 1.29 is 4.79 Å². The Morgan fingerprint density at radius 1 is 1.15 bits per heavy atom. The molecule has 1 saturated carbocycles. The van der Waals surface area contributed by atoms with Crippen molar-refractivity contribution in [2.75, 3.05) is 6.54 Å². The highest BCUT2D eigenvalue weighted by molar-refractivity contribution is 5.76. The first-order chi connectivity index (χ1) is 9.71. The number of hydrogen-bond donors (Lipinski definition) is 2. The van der Waals surface area contributed by atoms with Crippen LogP contribution in [0, 0.1) is 11.8 Å². The highest BCUT2D eigenvalue weighted by Gasteiger charge is 2.23.